The number of fused-ring (bicyclic) bond motifs is 1. The predicted molar refractivity (Wildman–Crippen MR) is 58.2 cm³/mol. The summed E-state index contributed by atoms with van der Waals surface area (Å²) in [5, 5.41) is 1.40. The molecule has 2 N–H and O–H groups in total. The number of aldehydes is 1. The van der Waals surface area contributed by atoms with Gasteiger partial charge in [-0.05, 0) is 6.07 Å². The van der Waals surface area contributed by atoms with Gasteiger partial charge < -0.3 is 10.5 Å². The Morgan fingerprint density at radius 3 is 2.93 bits per heavy atom. The maximum atomic E-state index is 10.8. The van der Waals surface area contributed by atoms with Gasteiger partial charge in [0, 0.05) is 5.39 Å². The first-order valence-electron chi connectivity index (χ1n) is 4.08. The standard InChI is InChI=1S/C10H9NO2S/c1-13-8-4-2-3-6-7(5-12)10(11)14-9(6)8/h2-5H,11H2,1H3. The van der Waals surface area contributed by atoms with Crippen LogP contribution >= 0.6 is 11.3 Å². The van der Waals surface area contributed by atoms with Crippen LogP contribution in [0.5, 0.6) is 5.75 Å². The highest BCUT2D eigenvalue weighted by Gasteiger charge is 2.11. The van der Waals surface area contributed by atoms with Gasteiger partial charge in [0.25, 0.3) is 0 Å². The molecule has 0 aliphatic carbocycles. The van der Waals surface area contributed by atoms with E-state index < -0.39 is 0 Å². The van der Waals surface area contributed by atoms with Gasteiger partial charge >= 0.3 is 0 Å². The van der Waals surface area contributed by atoms with Gasteiger partial charge in [-0.1, -0.05) is 12.1 Å². The first-order chi connectivity index (χ1) is 6.77. The maximum absolute atomic E-state index is 10.8. The molecule has 0 unspecified atom stereocenters. The molecule has 0 radical (unpaired) electrons. The van der Waals surface area contributed by atoms with E-state index in [1.165, 1.54) is 11.3 Å². The summed E-state index contributed by atoms with van der Waals surface area (Å²) in [6, 6.07) is 5.57. The van der Waals surface area contributed by atoms with Crippen molar-refractivity contribution in [3.05, 3.63) is 23.8 Å². The number of benzene rings is 1. The van der Waals surface area contributed by atoms with E-state index in [0.29, 0.717) is 10.6 Å². The first-order valence-corrected chi connectivity index (χ1v) is 4.89. The van der Waals surface area contributed by atoms with Crippen molar-refractivity contribution < 1.29 is 9.53 Å². The van der Waals surface area contributed by atoms with Gasteiger partial charge in [-0.3, -0.25) is 4.79 Å². The molecule has 4 heteroatoms. The fourth-order valence-corrected chi connectivity index (χ4v) is 2.44. The average Bonchev–Trinajstić information content (AvgIpc) is 2.52. The number of methoxy groups -OCH3 is 1. The van der Waals surface area contributed by atoms with Crippen LogP contribution in [-0.2, 0) is 0 Å². The number of thiophene rings is 1. The third-order valence-corrected chi connectivity index (χ3v) is 3.15. The molecule has 0 aliphatic heterocycles. The summed E-state index contributed by atoms with van der Waals surface area (Å²) < 4.78 is 6.10. The van der Waals surface area contributed by atoms with Gasteiger partial charge in [-0.25, -0.2) is 0 Å². The largest absolute Gasteiger partial charge is 0.495 e. The third kappa shape index (κ3) is 1.15. The van der Waals surface area contributed by atoms with Crippen LogP contribution in [0.15, 0.2) is 18.2 Å². The third-order valence-electron chi connectivity index (χ3n) is 2.08. The van der Waals surface area contributed by atoms with Gasteiger partial charge in [-0.15, -0.1) is 11.3 Å². The Labute approximate surface area is 85.1 Å². The Morgan fingerprint density at radius 1 is 1.50 bits per heavy atom. The zero-order valence-corrected chi connectivity index (χ0v) is 8.43. The summed E-state index contributed by atoms with van der Waals surface area (Å²) in [7, 11) is 1.60. The van der Waals surface area contributed by atoms with Crippen molar-refractivity contribution in [3.8, 4) is 5.75 Å². The van der Waals surface area contributed by atoms with Crippen LogP contribution < -0.4 is 10.5 Å². The zero-order valence-electron chi connectivity index (χ0n) is 7.61. The summed E-state index contributed by atoms with van der Waals surface area (Å²) >= 11 is 1.38. The molecule has 0 aliphatic rings. The van der Waals surface area contributed by atoms with E-state index in [1.54, 1.807) is 7.11 Å². The van der Waals surface area contributed by atoms with E-state index in [9.17, 15) is 4.79 Å². The number of ether oxygens (including phenoxy) is 1. The highest BCUT2D eigenvalue weighted by molar-refractivity contribution is 7.23. The fraction of sp³-hybridized carbons (Fsp3) is 0.100. The second kappa shape index (κ2) is 3.31. The van der Waals surface area contributed by atoms with Gasteiger partial charge in [0.15, 0.2) is 6.29 Å². The molecule has 72 valence electrons. The molecule has 0 amide bonds. The lowest BCUT2D eigenvalue weighted by Crippen LogP contribution is -1.85. The highest BCUT2D eigenvalue weighted by Crippen LogP contribution is 2.37. The molecular formula is C10H9NO2S. The molecule has 0 fully saturated rings. The van der Waals surface area contributed by atoms with Crippen molar-refractivity contribution in [1.82, 2.24) is 0 Å². The zero-order chi connectivity index (χ0) is 10.1. The summed E-state index contributed by atoms with van der Waals surface area (Å²) in [4.78, 5) is 10.8. The molecule has 2 rings (SSSR count). The van der Waals surface area contributed by atoms with Crippen molar-refractivity contribution in [2.24, 2.45) is 0 Å². The van der Waals surface area contributed by atoms with Crippen molar-refractivity contribution in [2.75, 3.05) is 12.8 Å². The van der Waals surface area contributed by atoms with Crippen LogP contribution in [0.4, 0.5) is 5.00 Å². The maximum Gasteiger partial charge on any atom is 0.153 e. The minimum atomic E-state index is 0.541. The first kappa shape index (κ1) is 9.02. The van der Waals surface area contributed by atoms with E-state index >= 15 is 0 Å². The van der Waals surface area contributed by atoms with Crippen molar-refractivity contribution in [2.45, 2.75) is 0 Å². The second-order valence-corrected chi connectivity index (χ2v) is 3.89. The molecule has 1 heterocycles. The van der Waals surface area contributed by atoms with Crippen LogP contribution in [0.3, 0.4) is 0 Å². The Morgan fingerprint density at radius 2 is 2.29 bits per heavy atom. The molecule has 1 aromatic carbocycles. The Balaban J connectivity index is 2.85. The minimum Gasteiger partial charge on any atom is -0.495 e. The Bertz CT molecular complexity index is 490. The normalized spacial score (nSPS) is 10.4. The number of anilines is 1. The average molecular weight is 207 g/mol. The molecule has 2 aromatic rings. The molecule has 14 heavy (non-hydrogen) atoms. The fourth-order valence-electron chi connectivity index (χ4n) is 1.41. The summed E-state index contributed by atoms with van der Waals surface area (Å²) in [5.41, 5.74) is 6.28. The molecule has 0 spiro atoms. The quantitative estimate of drug-likeness (QED) is 0.769. The SMILES string of the molecule is COc1cccc2c(C=O)c(N)sc12. The minimum absolute atomic E-state index is 0.541. The van der Waals surface area contributed by atoms with Crippen molar-refractivity contribution in [1.29, 1.82) is 0 Å². The number of carbonyl (C=O) groups excluding carboxylic acids is 1. The van der Waals surface area contributed by atoms with Gasteiger partial charge in [-0.2, -0.15) is 0 Å². The van der Waals surface area contributed by atoms with Crippen LogP contribution in [0.25, 0.3) is 10.1 Å². The van der Waals surface area contributed by atoms with E-state index in [0.717, 1.165) is 22.1 Å². The highest BCUT2D eigenvalue weighted by atomic mass is 32.1. The van der Waals surface area contributed by atoms with E-state index in [1.807, 2.05) is 18.2 Å². The van der Waals surface area contributed by atoms with E-state index in [4.69, 9.17) is 10.5 Å². The lowest BCUT2D eigenvalue weighted by atomic mass is 10.2. The number of nitrogen functional groups attached to an aromatic ring is 1. The molecular weight excluding hydrogens is 198 g/mol. The number of carbonyl (C=O) groups is 1. The van der Waals surface area contributed by atoms with Gasteiger partial charge in [0.1, 0.15) is 5.75 Å². The van der Waals surface area contributed by atoms with Crippen LogP contribution in [0.2, 0.25) is 0 Å². The van der Waals surface area contributed by atoms with E-state index in [-0.39, 0.29) is 0 Å². The molecule has 0 saturated carbocycles. The Hall–Kier alpha value is -1.55. The molecule has 3 nitrogen and oxygen atoms in total. The van der Waals surface area contributed by atoms with Crippen LogP contribution in [0, 0.1) is 0 Å². The van der Waals surface area contributed by atoms with Crippen molar-refractivity contribution >= 4 is 32.7 Å². The number of nitrogens with two attached hydrogens (primary N) is 1. The van der Waals surface area contributed by atoms with Crippen LogP contribution in [0.1, 0.15) is 10.4 Å². The smallest absolute Gasteiger partial charge is 0.153 e. The summed E-state index contributed by atoms with van der Waals surface area (Å²) in [6.45, 7) is 0. The van der Waals surface area contributed by atoms with Crippen LogP contribution in [-0.4, -0.2) is 13.4 Å². The number of hydrogen-bond donors (Lipinski definition) is 1. The molecule has 0 bridgehead atoms. The Kier molecular flexibility index (Phi) is 2.13. The number of hydrogen-bond acceptors (Lipinski definition) is 4. The van der Waals surface area contributed by atoms with Gasteiger partial charge in [0.2, 0.25) is 0 Å². The van der Waals surface area contributed by atoms with E-state index in [2.05, 4.69) is 0 Å². The molecule has 0 atom stereocenters. The lowest BCUT2D eigenvalue weighted by Gasteiger charge is -1.99. The summed E-state index contributed by atoms with van der Waals surface area (Å²) in [5.74, 6) is 0.757. The monoisotopic (exact) mass is 207 g/mol. The molecule has 1 aromatic heterocycles. The molecule has 0 saturated heterocycles. The topological polar surface area (TPSA) is 52.3 Å². The lowest BCUT2D eigenvalue weighted by molar-refractivity contribution is 0.112. The predicted octanol–water partition coefficient (Wildman–Crippen LogP) is 2.30. The summed E-state index contributed by atoms with van der Waals surface area (Å²) in [6.07, 6.45) is 0.785. The second-order valence-electron chi connectivity index (χ2n) is 2.83. The van der Waals surface area contributed by atoms with Gasteiger partial charge in [0.05, 0.1) is 22.4 Å². The van der Waals surface area contributed by atoms with Crippen molar-refractivity contribution in [3.63, 3.8) is 0 Å². The number of rotatable bonds is 2.